The zero-order chi connectivity index (χ0) is 14.5. The van der Waals surface area contributed by atoms with Crippen LogP contribution >= 0.6 is 0 Å². The van der Waals surface area contributed by atoms with Gasteiger partial charge in [0.25, 0.3) is 0 Å². The van der Waals surface area contributed by atoms with Crippen molar-refractivity contribution in [1.29, 1.82) is 0 Å². The summed E-state index contributed by atoms with van der Waals surface area (Å²) in [6.45, 7) is 7.02. The molecule has 1 N–H and O–H groups in total. The molecule has 20 heavy (non-hydrogen) atoms. The first-order valence-electron chi connectivity index (χ1n) is 6.91. The zero-order valence-electron chi connectivity index (χ0n) is 12.4. The standard InChI is InChI=1S/C15H21N3O2/c1-5-12(16-6-2)15-18-17-14(20-15)11-8-7-10(3)13(9-11)19-4/h7-9,12,16H,5-6H2,1-4H3. The molecule has 0 saturated carbocycles. The molecule has 2 rings (SSSR count). The Morgan fingerprint density at radius 2 is 2.10 bits per heavy atom. The van der Waals surface area contributed by atoms with Crippen LogP contribution < -0.4 is 10.1 Å². The first kappa shape index (κ1) is 14.5. The summed E-state index contributed by atoms with van der Waals surface area (Å²) in [7, 11) is 1.66. The minimum atomic E-state index is 0.105. The summed E-state index contributed by atoms with van der Waals surface area (Å²) in [6, 6.07) is 5.97. The SMILES string of the molecule is CCNC(CC)c1nnc(-c2ccc(C)c(OC)c2)o1. The highest BCUT2D eigenvalue weighted by Gasteiger charge is 2.17. The molecule has 0 fully saturated rings. The van der Waals surface area contributed by atoms with E-state index >= 15 is 0 Å². The second-order valence-electron chi connectivity index (χ2n) is 4.65. The van der Waals surface area contributed by atoms with Gasteiger partial charge in [0.1, 0.15) is 5.75 Å². The van der Waals surface area contributed by atoms with E-state index < -0.39 is 0 Å². The summed E-state index contributed by atoms with van der Waals surface area (Å²) < 4.78 is 11.1. The molecule has 5 nitrogen and oxygen atoms in total. The van der Waals surface area contributed by atoms with E-state index in [4.69, 9.17) is 9.15 Å². The maximum atomic E-state index is 5.77. The van der Waals surface area contributed by atoms with Crippen molar-refractivity contribution in [3.63, 3.8) is 0 Å². The van der Waals surface area contributed by atoms with Gasteiger partial charge in [-0.15, -0.1) is 10.2 Å². The molecule has 0 radical (unpaired) electrons. The Morgan fingerprint density at radius 1 is 1.30 bits per heavy atom. The van der Waals surface area contributed by atoms with Gasteiger partial charge in [0.05, 0.1) is 13.2 Å². The average molecular weight is 275 g/mol. The molecule has 0 aliphatic carbocycles. The molecule has 108 valence electrons. The van der Waals surface area contributed by atoms with Crippen LogP contribution in [0.1, 0.15) is 37.8 Å². The van der Waals surface area contributed by atoms with Gasteiger partial charge in [-0.05, 0) is 37.6 Å². The lowest BCUT2D eigenvalue weighted by atomic mass is 10.1. The molecule has 0 aliphatic heterocycles. The highest BCUT2D eigenvalue weighted by Crippen LogP contribution is 2.27. The number of ether oxygens (including phenoxy) is 1. The molecule has 0 amide bonds. The van der Waals surface area contributed by atoms with E-state index in [0.717, 1.165) is 29.8 Å². The van der Waals surface area contributed by atoms with Crippen molar-refractivity contribution in [3.8, 4) is 17.2 Å². The Bertz CT molecular complexity index is 566. The van der Waals surface area contributed by atoms with Gasteiger partial charge >= 0.3 is 0 Å². The molecule has 0 saturated heterocycles. The van der Waals surface area contributed by atoms with Crippen molar-refractivity contribution in [2.75, 3.05) is 13.7 Å². The van der Waals surface area contributed by atoms with E-state index in [0.29, 0.717) is 11.8 Å². The molecule has 1 unspecified atom stereocenters. The van der Waals surface area contributed by atoms with Gasteiger partial charge in [0.15, 0.2) is 0 Å². The molecule has 0 aliphatic rings. The highest BCUT2D eigenvalue weighted by molar-refractivity contribution is 5.57. The van der Waals surface area contributed by atoms with Crippen molar-refractivity contribution in [3.05, 3.63) is 29.7 Å². The summed E-state index contributed by atoms with van der Waals surface area (Å²) in [6.07, 6.45) is 0.909. The van der Waals surface area contributed by atoms with Gasteiger partial charge in [0.2, 0.25) is 11.8 Å². The number of nitrogens with one attached hydrogen (secondary N) is 1. The molecule has 0 spiro atoms. The van der Waals surface area contributed by atoms with Gasteiger partial charge < -0.3 is 14.5 Å². The molecule has 2 aromatic rings. The second-order valence-corrected chi connectivity index (χ2v) is 4.65. The second kappa shape index (κ2) is 6.52. The molecule has 0 bridgehead atoms. The molecule has 1 atom stereocenters. The summed E-state index contributed by atoms with van der Waals surface area (Å²) in [5.41, 5.74) is 1.95. The van der Waals surface area contributed by atoms with Gasteiger partial charge in [-0.25, -0.2) is 0 Å². The quantitative estimate of drug-likeness (QED) is 0.877. The number of hydrogen-bond donors (Lipinski definition) is 1. The smallest absolute Gasteiger partial charge is 0.247 e. The number of nitrogens with zero attached hydrogens (tertiary/aromatic N) is 2. The summed E-state index contributed by atoms with van der Waals surface area (Å²) >= 11 is 0. The van der Waals surface area contributed by atoms with Crippen LogP contribution in [0.4, 0.5) is 0 Å². The molecular formula is C15H21N3O2. The van der Waals surface area contributed by atoms with Crippen molar-refractivity contribution < 1.29 is 9.15 Å². The fourth-order valence-corrected chi connectivity index (χ4v) is 2.10. The van der Waals surface area contributed by atoms with E-state index in [2.05, 4.69) is 29.4 Å². The predicted molar refractivity (Wildman–Crippen MR) is 77.7 cm³/mol. The highest BCUT2D eigenvalue weighted by atomic mass is 16.5. The summed E-state index contributed by atoms with van der Waals surface area (Å²) in [5.74, 6) is 1.97. The van der Waals surface area contributed by atoms with Crippen LogP contribution in [-0.4, -0.2) is 23.9 Å². The Kier molecular flexibility index (Phi) is 4.74. The van der Waals surface area contributed by atoms with Crippen LogP contribution in [0.3, 0.4) is 0 Å². The third kappa shape index (κ3) is 2.99. The van der Waals surface area contributed by atoms with E-state index in [1.807, 2.05) is 25.1 Å². The van der Waals surface area contributed by atoms with Crippen LogP contribution in [0, 0.1) is 6.92 Å². The van der Waals surface area contributed by atoms with Crippen LogP contribution in [-0.2, 0) is 0 Å². The van der Waals surface area contributed by atoms with Crippen LogP contribution in [0.15, 0.2) is 22.6 Å². The molecule has 1 aromatic heterocycles. The monoisotopic (exact) mass is 275 g/mol. The van der Waals surface area contributed by atoms with Gasteiger partial charge in [-0.1, -0.05) is 19.9 Å². The van der Waals surface area contributed by atoms with Crippen molar-refractivity contribution >= 4 is 0 Å². The van der Waals surface area contributed by atoms with E-state index in [9.17, 15) is 0 Å². The van der Waals surface area contributed by atoms with Crippen molar-refractivity contribution in [2.24, 2.45) is 0 Å². The Balaban J connectivity index is 2.28. The lowest BCUT2D eigenvalue weighted by Crippen LogP contribution is -2.20. The number of hydrogen-bond acceptors (Lipinski definition) is 5. The van der Waals surface area contributed by atoms with E-state index in [-0.39, 0.29) is 6.04 Å². The first-order valence-corrected chi connectivity index (χ1v) is 6.91. The lowest BCUT2D eigenvalue weighted by Gasteiger charge is -2.10. The molecule has 5 heteroatoms. The minimum absolute atomic E-state index is 0.105. The zero-order valence-corrected chi connectivity index (χ0v) is 12.4. The number of methoxy groups -OCH3 is 1. The topological polar surface area (TPSA) is 60.2 Å². The largest absolute Gasteiger partial charge is 0.496 e. The molecular weight excluding hydrogens is 254 g/mol. The van der Waals surface area contributed by atoms with E-state index in [1.54, 1.807) is 7.11 Å². The third-order valence-corrected chi connectivity index (χ3v) is 3.25. The Morgan fingerprint density at radius 3 is 2.75 bits per heavy atom. The van der Waals surface area contributed by atoms with Crippen LogP contribution in [0.2, 0.25) is 0 Å². The third-order valence-electron chi connectivity index (χ3n) is 3.25. The lowest BCUT2D eigenvalue weighted by molar-refractivity contribution is 0.400. The number of aryl methyl sites for hydroxylation is 1. The van der Waals surface area contributed by atoms with E-state index in [1.165, 1.54) is 0 Å². The van der Waals surface area contributed by atoms with Gasteiger partial charge in [-0.2, -0.15) is 0 Å². The van der Waals surface area contributed by atoms with Crippen LogP contribution in [0.25, 0.3) is 11.5 Å². The number of rotatable bonds is 6. The summed E-state index contributed by atoms with van der Waals surface area (Å²) in [5, 5.41) is 11.6. The van der Waals surface area contributed by atoms with Crippen LogP contribution in [0.5, 0.6) is 5.75 Å². The van der Waals surface area contributed by atoms with Gasteiger partial charge in [-0.3, -0.25) is 0 Å². The average Bonchev–Trinajstić information content (AvgIpc) is 2.95. The minimum Gasteiger partial charge on any atom is -0.496 e. The molecule has 1 aromatic carbocycles. The molecule has 1 heterocycles. The van der Waals surface area contributed by atoms with Gasteiger partial charge in [0, 0.05) is 5.56 Å². The number of benzene rings is 1. The van der Waals surface area contributed by atoms with Crippen molar-refractivity contribution in [1.82, 2.24) is 15.5 Å². The summed E-state index contributed by atoms with van der Waals surface area (Å²) in [4.78, 5) is 0. The predicted octanol–water partition coefficient (Wildman–Crippen LogP) is 3.11. The first-order chi connectivity index (χ1) is 9.69. The fraction of sp³-hybridized carbons (Fsp3) is 0.467. The Hall–Kier alpha value is -1.88. The fourth-order valence-electron chi connectivity index (χ4n) is 2.10. The maximum absolute atomic E-state index is 5.77. The maximum Gasteiger partial charge on any atom is 0.247 e. The van der Waals surface area contributed by atoms with Crippen molar-refractivity contribution in [2.45, 2.75) is 33.2 Å². The Labute approximate surface area is 119 Å². The number of aromatic nitrogens is 2. The normalized spacial score (nSPS) is 12.4.